The highest BCUT2D eigenvalue weighted by molar-refractivity contribution is 5.96. The Bertz CT molecular complexity index is 464. The molecule has 0 unspecified atom stereocenters. The smallest absolute Gasteiger partial charge is 0.340 e. The van der Waals surface area contributed by atoms with Gasteiger partial charge >= 0.3 is 5.97 Å². The lowest BCUT2D eigenvalue weighted by Gasteiger charge is -2.40. The highest BCUT2D eigenvalue weighted by Gasteiger charge is 2.36. The van der Waals surface area contributed by atoms with E-state index in [0.29, 0.717) is 11.3 Å². The molecule has 0 amide bonds. The fourth-order valence-electron chi connectivity index (χ4n) is 2.24. The Kier molecular flexibility index (Phi) is 3.95. The van der Waals surface area contributed by atoms with Crippen molar-refractivity contribution in [3.05, 3.63) is 23.8 Å². The van der Waals surface area contributed by atoms with E-state index in [1.54, 1.807) is 19.2 Å². The van der Waals surface area contributed by atoms with Crippen LogP contribution in [0.15, 0.2) is 18.2 Å². The van der Waals surface area contributed by atoms with E-state index < -0.39 is 5.97 Å². The Morgan fingerprint density at radius 1 is 1.42 bits per heavy atom. The first-order chi connectivity index (χ1) is 9.10. The van der Waals surface area contributed by atoms with Gasteiger partial charge in [-0.25, -0.2) is 4.79 Å². The molecule has 1 fully saturated rings. The molecule has 0 bridgehead atoms. The van der Waals surface area contributed by atoms with E-state index in [4.69, 9.17) is 15.2 Å². The van der Waals surface area contributed by atoms with E-state index in [9.17, 15) is 4.79 Å². The third-order valence-corrected chi connectivity index (χ3v) is 3.77. The maximum Gasteiger partial charge on any atom is 0.340 e. The van der Waals surface area contributed by atoms with Gasteiger partial charge in [-0.15, -0.1) is 0 Å². The maximum atomic E-state index is 11.6. The second-order valence-corrected chi connectivity index (χ2v) is 4.89. The molecule has 0 aliphatic heterocycles. The van der Waals surface area contributed by atoms with Crippen LogP contribution in [0.2, 0.25) is 0 Å². The fraction of sp³-hybridized carbons (Fsp3) is 0.500. The summed E-state index contributed by atoms with van der Waals surface area (Å²) < 4.78 is 10.2. The van der Waals surface area contributed by atoms with Crippen molar-refractivity contribution < 1.29 is 14.3 Å². The van der Waals surface area contributed by atoms with Crippen molar-refractivity contribution in [2.75, 3.05) is 31.8 Å². The van der Waals surface area contributed by atoms with Gasteiger partial charge in [0.05, 0.1) is 18.3 Å². The number of esters is 1. The van der Waals surface area contributed by atoms with Crippen LogP contribution in [0.4, 0.5) is 11.4 Å². The molecular formula is C14H20N2O3. The third-order valence-electron chi connectivity index (χ3n) is 3.77. The summed E-state index contributed by atoms with van der Waals surface area (Å²) >= 11 is 0. The molecule has 5 nitrogen and oxygen atoms in total. The summed E-state index contributed by atoms with van der Waals surface area (Å²) in [5.74, 6) is -0.425. The van der Waals surface area contributed by atoms with Crippen molar-refractivity contribution in [2.45, 2.75) is 24.9 Å². The van der Waals surface area contributed by atoms with E-state index in [-0.39, 0.29) is 5.60 Å². The van der Waals surface area contributed by atoms with E-state index in [0.717, 1.165) is 25.1 Å². The van der Waals surface area contributed by atoms with Gasteiger partial charge in [0.1, 0.15) is 0 Å². The average Bonchev–Trinajstić information content (AvgIpc) is 2.39. The van der Waals surface area contributed by atoms with Gasteiger partial charge < -0.3 is 20.5 Å². The molecule has 2 rings (SSSR count). The Balaban J connectivity index is 2.06. The molecule has 0 radical (unpaired) electrons. The summed E-state index contributed by atoms with van der Waals surface area (Å²) in [5, 5.41) is 3.30. The number of anilines is 2. The second kappa shape index (κ2) is 5.48. The topological polar surface area (TPSA) is 73.6 Å². The van der Waals surface area contributed by atoms with Crippen LogP contribution >= 0.6 is 0 Å². The predicted octanol–water partition coefficient (Wildman–Crippen LogP) is 2.04. The van der Waals surface area contributed by atoms with Gasteiger partial charge in [0, 0.05) is 25.0 Å². The Morgan fingerprint density at radius 2 is 2.16 bits per heavy atom. The molecular weight excluding hydrogens is 244 g/mol. The summed E-state index contributed by atoms with van der Waals surface area (Å²) in [6.07, 6.45) is 3.33. The number of nitrogen functional groups attached to an aromatic ring is 1. The summed E-state index contributed by atoms with van der Waals surface area (Å²) in [6.45, 7) is 0.730. The monoisotopic (exact) mass is 264 g/mol. The molecule has 0 saturated heterocycles. The SMILES string of the molecule is COC(=O)c1cc(NCC2(OC)CCC2)ccc1N. The zero-order valence-corrected chi connectivity index (χ0v) is 11.4. The first-order valence-corrected chi connectivity index (χ1v) is 6.37. The molecule has 1 saturated carbocycles. The summed E-state index contributed by atoms with van der Waals surface area (Å²) in [7, 11) is 3.08. The van der Waals surface area contributed by atoms with Gasteiger partial charge in [-0.3, -0.25) is 0 Å². The molecule has 0 heterocycles. The fourth-order valence-corrected chi connectivity index (χ4v) is 2.24. The van der Waals surface area contributed by atoms with Crippen LogP contribution in [-0.4, -0.2) is 32.3 Å². The average molecular weight is 264 g/mol. The quantitative estimate of drug-likeness (QED) is 0.629. The van der Waals surface area contributed by atoms with Gasteiger partial charge in [0.25, 0.3) is 0 Å². The molecule has 1 aromatic carbocycles. The minimum absolute atomic E-state index is 0.0627. The van der Waals surface area contributed by atoms with Crippen molar-refractivity contribution in [3.8, 4) is 0 Å². The molecule has 19 heavy (non-hydrogen) atoms. The number of ether oxygens (including phenoxy) is 2. The van der Waals surface area contributed by atoms with Crippen LogP contribution in [0.3, 0.4) is 0 Å². The standard InChI is InChI=1S/C14H20N2O3/c1-18-13(17)11-8-10(4-5-12(11)15)16-9-14(19-2)6-3-7-14/h4-5,8,16H,3,6-7,9,15H2,1-2H3. The van der Waals surface area contributed by atoms with Gasteiger partial charge in [0.2, 0.25) is 0 Å². The summed E-state index contributed by atoms with van der Waals surface area (Å²) in [5.41, 5.74) is 7.34. The molecule has 1 aromatic rings. The first kappa shape index (κ1) is 13.7. The molecule has 1 aliphatic rings. The lowest BCUT2D eigenvalue weighted by molar-refractivity contribution is -0.0601. The van der Waals surface area contributed by atoms with Crippen molar-refractivity contribution in [1.29, 1.82) is 0 Å². The highest BCUT2D eigenvalue weighted by Crippen LogP contribution is 2.35. The Morgan fingerprint density at radius 3 is 2.68 bits per heavy atom. The van der Waals surface area contributed by atoms with Gasteiger partial charge in [-0.1, -0.05) is 0 Å². The number of nitrogens with two attached hydrogens (primary N) is 1. The van der Waals surface area contributed by atoms with Crippen molar-refractivity contribution in [1.82, 2.24) is 0 Å². The van der Waals surface area contributed by atoms with Crippen LogP contribution < -0.4 is 11.1 Å². The number of carbonyl (C=O) groups is 1. The Hall–Kier alpha value is -1.75. The largest absolute Gasteiger partial charge is 0.465 e. The zero-order valence-electron chi connectivity index (χ0n) is 11.4. The van der Waals surface area contributed by atoms with Crippen molar-refractivity contribution >= 4 is 17.3 Å². The molecule has 104 valence electrons. The summed E-state index contributed by atoms with van der Waals surface area (Å²) in [6, 6.07) is 5.27. The van der Waals surface area contributed by atoms with Crippen LogP contribution in [0.5, 0.6) is 0 Å². The lowest BCUT2D eigenvalue weighted by Crippen LogP contribution is -2.45. The lowest BCUT2D eigenvalue weighted by atomic mass is 9.80. The van der Waals surface area contributed by atoms with Gasteiger partial charge in [0.15, 0.2) is 0 Å². The van der Waals surface area contributed by atoms with Crippen LogP contribution in [0.1, 0.15) is 29.6 Å². The first-order valence-electron chi connectivity index (χ1n) is 6.37. The normalized spacial score (nSPS) is 16.5. The molecule has 0 spiro atoms. The molecule has 3 N–H and O–H groups in total. The second-order valence-electron chi connectivity index (χ2n) is 4.89. The number of methoxy groups -OCH3 is 2. The number of benzene rings is 1. The molecule has 0 atom stereocenters. The molecule has 0 aromatic heterocycles. The van der Waals surface area contributed by atoms with Crippen molar-refractivity contribution in [3.63, 3.8) is 0 Å². The Labute approximate surface area is 113 Å². The minimum atomic E-state index is -0.425. The zero-order chi connectivity index (χ0) is 13.9. The van der Waals surface area contributed by atoms with Crippen LogP contribution in [0.25, 0.3) is 0 Å². The predicted molar refractivity (Wildman–Crippen MR) is 74.3 cm³/mol. The number of rotatable bonds is 5. The van der Waals surface area contributed by atoms with Crippen molar-refractivity contribution in [2.24, 2.45) is 0 Å². The van der Waals surface area contributed by atoms with E-state index in [1.807, 2.05) is 6.07 Å². The van der Waals surface area contributed by atoms with E-state index in [2.05, 4.69) is 5.32 Å². The summed E-state index contributed by atoms with van der Waals surface area (Å²) in [4.78, 5) is 11.6. The number of hydrogen-bond donors (Lipinski definition) is 2. The minimum Gasteiger partial charge on any atom is -0.465 e. The van der Waals surface area contributed by atoms with Gasteiger partial charge in [-0.05, 0) is 37.5 Å². The number of nitrogens with one attached hydrogen (secondary N) is 1. The number of carbonyl (C=O) groups excluding carboxylic acids is 1. The highest BCUT2D eigenvalue weighted by atomic mass is 16.5. The van der Waals surface area contributed by atoms with Crippen LogP contribution in [-0.2, 0) is 9.47 Å². The molecule has 1 aliphatic carbocycles. The van der Waals surface area contributed by atoms with E-state index >= 15 is 0 Å². The van der Waals surface area contributed by atoms with E-state index in [1.165, 1.54) is 13.5 Å². The molecule has 5 heteroatoms. The van der Waals surface area contributed by atoms with Crippen LogP contribution in [0, 0.1) is 0 Å². The third kappa shape index (κ3) is 2.81. The number of hydrogen-bond acceptors (Lipinski definition) is 5. The van der Waals surface area contributed by atoms with Gasteiger partial charge in [-0.2, -0.15) is 0 Å². The maximum absolute atomic E-state index is 11.6.